The molecule has 6 heteroatoms. The highest BCUT2D eigenvalue weighted by Gasteiger charge is 2.32. The fourth-order valence-corrected chi connectivity index (χ4v) is 4.46. The Balaban J connectivity index is 2.31. The lowest BCUT2D eigenvalue weighted by Crippen LogP contribution is -2.39. The van der Waals surface area contributed by atoms with Crippen LogP contribution in [0.4, 0.5) is 5.69 Å². The van der Waals surface area contributed by atoms with Gasteiger partial charge in [-0.25, -0.2) is 8.42 Å². The molecule has 0 heterocycles. The third kappa shape index (κ3) is 3.32. The van der Waals surface area contributed by atoms with Crippen molar-refractivity contribution in [2.24, 2.45) is 5.92 Å². The number of methoxy groups -OCH3 is 1. The SMILES string of the molecule is COc1ccc(N)cc1S(=O)(=O)N(C)C1CCC(C)CC1. The van der Waals surface area contributed by atoms with Crippen molar-refractivity contribution in [3.05, 3.63) is 18.2 Å². The number of ether oxygens (including phenoxy) is 1. The first kappa shape index (κ1) is 16.1. The Morgan fingerprint density at radius 1 is 1.24 bits per heavy atom. The summed E-state index contributed by atoms with van der Waals surface area (Å²) in [4.78, 5) is 0.145. The van der Waals surface area contributed by atoms with Gasteiger partial charge < -0.3 is 10.5 Å². The van der Waals surface area contributed by atoms with E-state index < -0.39 is 10.0 Å². The van der Waals surface area contributed by atoms with Gasteiger partial charge in [-0.15, -0.1) is 0 Å². The molecule has 118 valence electrons. The molecule has 0 saturated heterocycles. The van der Waals surface area contributed by atoms with Gasteiger partial charge in [0.1, 0.15) is 10.6 Å². The van der Waals surface area contributed by atoms with Gasteiger partial charge in [0, 0.05) is 18.8 Å². The number of sulfonamides is 1. The summed E-state index contributed by atoms with van der Waals surface area (Å²) in [7, 11) is -0.476. The molecule has 2 N–H and O–H groups in total. The molecule has 1 aliphatic rings. The zero-order chi connectivity index (χ0) is 15.6. The van der Waals surface area contributed by atoms with Crippen LogP contribution in [0, 0.1) is 5.92 Å². The highest BCUT2D eigenvalue weighted by Crippen LogP contribution is 2.33. The molecule has 0 aromatic heterocycles. The molecule has 0 radical (unpaired) electrons. The van der Waals surface area contributed by atoms with Gasteiger partial charge >= 0.3 is 0 Å². The minimum absolute atomic E-state index is 0.0531. The summed E-state index contributed by atoms with van der Waals surface area (Å²) in [6.07, 6.45) is 3.94. The highest BCUT2D eigenvalue weighted by atomic mass is 32.2. The van der Waals surface area contributed by atoms with E-state index in [-0.39, 0.29) is 10.9 Å². The second-order valence-electron chi connectivity index (χ2n) is 5.85. The molecule has 2 rings (SSSR count). The van der Waals surface area contributed by atoms with Crippen LogP contribution in [0.1, 0.15) is 32.6 Å². The van der Waals surface area contributed by atoms with Crippen molar-refractivity contribution in [1.29, 1.82) is 0 Å². The number of hydrogen-bond acceptors (Lipinski definition) is 4. The average molecular weight is 312 g/mol. The van der Waals surface area contributed by atoms with Gasteiger partial charge in [0.25, 0.3) is 0 Å². The number of anilines is 1. The standard InChI is InChI=1S/C15H24N2O3S/c1-11-4-7-13(8-5-11)17(2)21(18,19)15-10-12(16)6-9-14(15)20-3/h6,9-11,13H,4-5,7-8,16H2,1-3H3. The summed E-state index contributed by atoms with van der Waals surface area (Å²) in [6.45, 7) is 2.21. The Labute approximate surface area is 127 Å². The monoisotopic (exact) mass is 312 g/mol. The van der Waals surface area contributed by atoms with E-state index in [0.717, 1.165) is 25.7 Å². The van der Waals surface area contributed by atoms with Crippen LogP contribution >= 0.6 is 0 Å². The molecule has 0 bridgehead atoms. The number of hydrogen-bond donors (Lipinski definition) is 1. The maximum atomic E-state index is 12.8. The van der Waals surface area contributed by atoms with Crippen LogP contribution in [-0.4, -0.2) is 32.9 Å². The molecule has 1 aromatic rings. The van der Waals surface area contributed by atoms with Crippen molar-refractivity contribution in [3.8, 4) is 5.75 Å². The summed E-state index contributed by atoms with van der Waals surface area (Å²) < 4.78 is 32.3. The van der Waals surface area contributed by atoms with Crippen LogP contribution in [0.3, 0.4) is 0 Å². The Hall–Kier alpha value is -1.27. The molecule has 1 aliphatic carbocycles. The van der Waals surface area contributed by atoms with Crippen molar-refractivity contribution in [1.82, 2.24) is 4.31 Å². The second-order valence-corrected chi connectivity index (χ2v) is 7.81. The Morgan fingerprint density at radius 3 is 2.43 bits per heavy atom. The van der Waals surface area contributed by atoms with Crippen LogP contribution in [0.15, 0.2) is 23.1 Å². The third-order valence-corrected chi connectivity index (χ3v) is 6.28. The minimum atomic E-state index is -3.59. The summed E-state index contributed by atoms with van der Waals surface area (Å²) in [6, 6.07) is 4.76. The Morgan fingerprint density at radius 2 is 1.86 bits per heavy atom. The molecule has 0 spiro atoms. The van der Waals surface area contributed by atoms with Gasteiger partial charge in [0.05, 0.1) is 7.11 Å². The maximum Gasteiger partial charge on any atom is 0.246 e. The van der Waals surface area contributed by atoms with Crippen LogP contribution in [0.25, 0.3) is 0 Å². The summed E-state index contributed by atoms with van der Waals surface area (Å²) in [5, 5.41) is 0. The van der Waals surface area contributed by atoms with Gasteiger partial charge in [-0.1, -0.05) is 6.92 Å². The molecule has 0 atom stereocenters. The maximum absolute atomic E-state index is 12.8. The van der Waals surface area contributed by atoms with E-state index in [0.29, 0.717) is 17.4 Å². The first-order chi connectivity index (χ1) is 9.86. The molecule has 21 heavy (non-hydrogen) atoms. The number of rotatable bonds is 4. The van der Waals surface area contributed by atoms with Crippen molar-refractivity contribution < 1.29 is 13.2 Å². The number of nitrogens with two attached hydrogens (primary N) is 1. The average Bonchev–Trinajstić information content (AvgIpc) is 2.47. The van der Waals surface area contributed by atoms with Crippen molar-refractivity contribution in [2.75, 3.05) is 19.9 Å². The molecule has 0 amide bonds. The quantitative estimate of drug-likeness (QED) is 0.867. The first-order valence-corrected chi connectivity index (χ1v) is 8.71. The second kappa shape index (κ2) is 6.23. The lowest BCUT2D eigenvalue weighted by Gasteiger charge is -2.33. The topological polar surface area (TPSA) is 72.6 Å². The summed E-state index contributed by atoms with van der Waals surface area (Å²) in [5.41, 5.74) is 6.15. The predicted octanol–water partition coefficient (Wildman–Crippen LogP) is 2.48. The number of benzene rings is 1. The molecule has 1 saturated carbocycles. The van der Waals surface area contributed by atoms with Gasteiger partial charge in [0.2, 0.25) is 10.0 Å². The summed E-state index contributed by atoms with van der Waals surface area (Å²) in [5.74, 6) is 1.01. The van der Waals surface area contributed by atoms with E-state index in [1.54, 1.807) is 19.2 Å². The molecule has 1 fully saturated rings. The van der Waals surface area contributed by atoms with Crippen LogP contribution in [0.2, 0.25) is 0 Å². The van der Waals surface area contributed by atoms with Crippen LogP contribution in [-0.2, 0) is 10.0 Å². The Bertz CT molecular complexity index is 593. The summed E-state index contributed by atoms with van der Waals surface area (Å²) >= 11 is 0. The van der Waals surface area contributed by atoms with Crippen molar-refractivity contribution in [3.63, 3.8) is 0 Å². The van der Waals surface area contributed by atoms with Gasteiger partial charge in [0.15, 0.2) is 0 Å². The predicted molar refractivity (Wildman–Crippen MR) is 83.8 cm³/mol. The van der Waals surface area contributed by atoms with E-state index in [4.69, 9.17) is 10.5 Å². The van der Waals surface area contributed by atoms with E-state index >= 15 is 0 Å². The van der Waals surface area contributed by atoms with Gasteiger partial charge in [-0.05, 0) is 49.8 Å². The third-order valence-electron chi connectivity index (χ3n) is 4.34. The fourth-order valence-electron chi connectivity index (χ4n) is 2.85. The lowest BCUT2D eigenvalue weighted by atomic mass is 9.87. The lowest BCUT2D eigenvalue weighted by molar-refractivity contribution is 0.245. The number of nitrogens with zero attached hydrogens (tertiary/aromatic N) is 1. The zero-order valence-corrected chi connectivity index (χ0v) is 13.7. The van der Waals surface area contributed by atoms with Crippen LogP contribution in [0.5, 0.6) is 5.75 Å². The molecule has 5 nitrogen and oxygen atoms in total. The largest absolute Gasteiger partial charge is 0.495 e. The van der Waals surface area contributed by atoms with Crippen molar-refractivity contribution in [2.45, 2.75) is 43.5 Å². The smallest absolute Gasteiger partial charge is 0.246 e. The normalized spacial score (nSPS) is 23.2. The minimum Gasteiger partial charge on any atom is -0.495 e. The van der Waals surface area contributed by atoms with Gasteiger partial charge in [-0.2, -0.15) is 4.31 Å². The van der Waals surface area contributed by atoms with E-state index in [2.05, 4.69) is 6.92 Å². The molecular formula is C15H24N2O3S. The fraction of sp³-hybridized carbons (Fsp3) is 0.600. The first-order valence-electron chi connectivity index (χ1n) is 7.27. The molecule has 1 aromatic carbocycles. The van der Waals surface area contributed by atoms with E-state index in [1.165, 1.54) is 17.5 Å². The van der Waals surface area contributed by atoms with Gasteiger partial charge in [-0.3, -0.25) is 0 Å². The highest BCUT2D eigenvalue weighted by molar-refractivity contribution is 7.89. The van der Waals surface area contributed by atoms with Crippen molar-refractivity contribution >= 4 is 15.7 Å². The zero-order valence-electron chi connectivity index (χ0n) is 12.9. The Kier molecular flexibility index (Phi) is 4.78. The van der Waals surface area contributed by atoms with Crippen LogP contribution < -0.4 is 10.5 Å². The molecule has 0 aliphatic heterocycles. The molecule has 0 unspecified atom stereocenters. The van der Waals surface area contributed by atoms with E-state index in [1.807, 2.05) is 0 Å². The number of nitrogen functional groups attached to an aromatic ring is 1. The van der Waals surface area contributed by atoms with E-state index in [9.17, 15) is 8.42 Å². The molecular weight excluding hydrogens is 288 g/mol.